The Morgan fingerprint density at radius 1 is 1.33 bits per heavy atom. The highest BCUT2D eigenvalue weighted by atomic mass is 16.5. The minimum atomic E-state index is -0.499. The number of esters is 1. The van der Waals surface area contributed by atoms with E-state index >= 15 is 0 Å². The van der Waals surface area contributed by atoms with E-state index in [1.807, 2.05) is 70.2 Å². The normalized spacial score (nSPS) is 13.6. The molecule has 0 aliphatic heterocycles. The van der Waals surface area contributed by atoms with Crippen molar-refractivity contribution in [1.82, 2.24) is 0 Å². The molecule has 1 rings (SSSR count). The molecule has 2 heteroatoms. The van der Waals surface area contributed by atoms with Crippen LogP contribution >= 0.6 is 0 Å². The zero-order valence-corrected chi connectivity index (χ0v) is 11.6. The molecule has 1 aromatic carbocycles. The van der Waals surface area contributed by atoms with Gasteiger partial charge in [0.05, 0.1) is 5.41 Å². The number of carbonyl (C=O) groups is 1. The number of benzene rings is 1. The van der Waals surface area contributed by atoms with E-state index in [1.54, 1.807) is 0 Å². The molecule has 98 valence electrons. The van der Waals surface area contributed by atoms with Gasteiger partial charge in [-0.2, -0.15) is 0 Å². The van der Waals surface area contributed by atoms with Crippen LogP contribution in [0.3, 0.4) is 0 Å². The molecule has 1 atom stereocenters. The summed E-state index contributed by atoms with van der Waals surface area (Å²) in [6, 6.07) is 9.74. The second-order valence-corrected chi connectivity index (χ2v) is 5.10. The third-order valence-corrected chi connectivity index (χ3v) is 3.36. The number of hydrogen-bond acceptors (Lipinski definition) is 2. The minimum Gasteiger partial charge on any atom is -0.460 e. The fourth-order valence-corrected chi connectivity index (χ4v) is 1.62. The first-order valence-electron chi connectivity index (χ1n) is 6.32. The quantitative estimate of drug-likeness (QED) is 0.580. The van der Waals surface area contributed by atoms with Crippen molar-refractivity contribution in [3.63, 3.8) is 0 Å². The summed E-state index contributed by atoms with van der Waals surface area (Å²) in [7, 11) is 0. The highest BCUT2D eigenvalue weighted by Gasteiger charge is 2.33. The maximum absolute atomic E-state index is 12.1. The van der Waals surface area contributed by atoms with Gasteiger partial charge in [-0.15, -0.1) is 0 Å². The van der Waals surface area contributed by atoms with Crippen LogP contribution in [-0.2, 0) is 16.1 Å². The molecule has 0 N–H and O–H groups in total. The third kappa shape index (κ3) is 3.73. The van der Waals surface area contributed by atoms with Gasteiger partial charge >= 0.3 is 5.97 Å². The van der Waals surface area contributed by atoms with Crippen molar-refractivity contribution in [2.75, 3.05) is 0 Å². The van der Waals surface area contributed by atoms with E-state index in [0.717, 1.165) is 5.56 Å². The van der Waals surface area contributed by atoms with Crippen LogP contribution in [0, 0.1) is 11.3 Å². The molecular weight excluding hydrogens is 224 g/mol. The molecule has 1 unspecified atom stereocenters. The van der Waals surface area contributed by atoms with Crippen molar-refractivity contribution in [3.05, 3.63) is 48.0 Å². The zero-order valence-electron chi connectivity index (χ0n) is 11.6. The Morgan fingerprint density at radius 3 is 2.50 bits per heavy atom. The van der Waals surface area contributed by atoms with Crippen molar-refractivity contribution < 1.29 is 9.53 Å². The highest BCUT2D eigenvalue weighted by molar-refractivity contribution is 5.76. The molecule has 0 bridgehead atoms. The lowest BCUT2D eigenvalue weighted by Crippen LogP contribution is -2.32. The van der Waals surface area contributed by atoms with Gasteiger partial charge < -0.3 is 4.74 Å². The van der Waals surface area contributed by atoms with Gasteiger partial charge in [0.1, 0.15) is 6.61 Å². The van der Waals surface area contributed by atoms with E-state index in [0.29, 0.717) is 6.61 Å². The van der Waals surface area contributed by atoms with Crippen LogP contribution in [0.15, 0.2) is 42.5 Å². The van der Waals surface area contributed by atoms with Crippen LogP contribution in [0.1, 0.15) is 33.3 Å². The topological polar surface area (TPSA) is 26.3 Å². The highest BCUT2D eigenvalue weighted by Crippen LogP contribution is 2.29. The molecule has 2 nitrogen and oxygen atoms in total. The smallest absolute Gasteiger partial charge is 0.312 e. The number of carbonyl (C=O) groups excluding carboxylic acids is 1. The fourth-order valence-electron chi connectivity index (χ4n) is 1.62. The van der Waals surface area contributed by atoms with Crippen molar-refractivity contribution >= 4 is 5.97 Å². The Morgan fingerprint density at radius 2 is 1.94 bits per heavy atom. The molecule has 18 heavy (non-hydrogen) atoms. The number of ether oxygens (including phenoxy) is 1. The first kappa shape index (κ1) is 14.5. The van der Waals surface area contributed by atoms with Crippen LogP contribution in [0.25, 0.3) is 0 Å². The number of allylic oxidation sites excluding steroid dienone is 2. The van der Waals surface area contributed by atoms with E-state index in [9.17, 15) is 4.79 Å². The van der Waals surface area contributed by atoms with Gasteiger partial charge in [0.25, 0.3) is 0 Å². The SMILES string of the molecule is CC=CC(C)C(C)(C)C(=O)OCc1ccccc1. The predicted octanol–water partition coefficient (Wildman–Crippen LogP) is 3.97. The third-order valence-electron chi connectivity index (χ3n) is 3.36. The molecule has 0 heterocycles. The number of hydrogen-bond donors (Lipinski definition) is 0. The van der Waals surface area contributed by atoms with Gasteiger partial charge in [-0.3, -0.25) is 4.79 Å². The van der Waals surface area contributed by atoms with Crippen LogP contribution < -0.4 is 0 Å². The van der Waals surface area contributed by atoms with E-state index in [1.165, 1.54) is 0 Å². The van der Waals surface area contributed by atoms with Crippen molar-refractivity contribution in [2.24, 2.45) is 11.3 Å². The van der Waals surface area contributed by atoms with Gasteiger partial charge in [0.15, 0.2) is 0 Å². The molecule has 0 amide bonds. The van der Waals surface area contributed by atoms with E-state index in [-0.39, 0.29) is 11.9 Å². The summed E-state index contributed by atoms with van der Waals surface area (Å²) in [6.07, 6.45) is 4.00. The van der Waals surface area contributed by atoms with Crippen molar-refractivity contribution in [1.29, 1.82) is 0 Å². The van der Waals surface area contributed by atoms with Gasteiger partial charge in [-0.05, 0) is 32.3 Å². The molecule has 0 radical (unpaired) electrons. The average Bonchev–Trinajstić information content (AvgIpc) is 2.37. The molecular formula is C16H22O2. The zero-order chi connectivity index (χ0) is 13.6. The predicted molar refractivity (Wildman–Crippen MR) is 74.0 cm³/mol. The first-order valence-corrected chi connectivity index (χ1v) is 6.32. The summed E-state index contributed by atoms with van der Waals surface area (Å²) in [5.74, 6) is 0.00252. The van der Waals surface area contributed by atoms with E-state index in [2.05, 4.69) is 0 Å². The molecule has 0 aliphatic carbocycles. The fraction of sp³-hybridized carbons (Fsp3) is 0.438. The van der Waals surface area contributed by atoms with Gasteiger partial charge in [-0.25, -0.2) is 0 Å². The first-order chi connectivity index (χ1) is 8.48. The van der Waals surface area contributed by atoms with Crippen LogP contribution in [0.5, 0.6) is 0 Å². The summed E-state index contributed by atoms with van der Waals surface area (Å²) >= 11 is 0. The summed E-state index contributed by atoms with van der Waals surface area (Å²) in [5.41, 5.74) is 0.515. The monoisotopic (exact) mass is 246 g/mol. The Hall–Kier alpha value is -1.57. The summed E-state index contributed by atoms with van der Waals surface area (Å²) in [6.45, 7) is 8.17. The van der Waals surface area contributed by atoms with Gasteiger partial charge in [-0.1, -0.05) is 49.4 Å². The molecule has 0 aliphatic rings. The molecule has 0 fully saturated rings. The molecule has 0 saturated heterocycles. The Balaban J connectivity index is 2.60. The summed E-state index contributed by atoms with van der Waals surface area (Å²) < 4.78 is 5.39. The van der Waals surface area contributed by atoms with Gasteiger partial charge in [0.2, 0.25) is 0 Å². The van der Waals surface area contributed by atoms with Crippen LogP contribution in [-0.4, -0.2) is 5.97 Å². The molecule has 0 spiro atoms. The second kappa shape index (κ2) is 6.39. The van der Waals surface area contributed by atoms with Crippen molar-refractivity contribution in [3.8, 4) is 0 Å². The Kier molecular flexibility index (Phi) is 5.14. The van der Waals surface area contributed by atoms with Crippen molar-refractivity contribution in [2.45, 2.75) is 34.3 Å². The van der Waals surface area contributed by atoms with E-state index in [4.69, 9.17) is 4.74 Å². The lowest BCUT2D eigenvalue weighted by molar-refractivity contribution is -0.157. The summed E-state index contributed by atoms with van der Waals surface area (Å²) in [4.78, 5) is 12.1. The number of rotatable bonds is 5. The molecule has 0 saturated carbocycles. The van der Waals surface area contributed by atoms with Gasteiger partial charge in [0, 0.05) is 0 Å². The summed E-state index contributed by atoms with van der Waals surface area (Å²) in [5, 5.41) is 0. The maximum Gasteiger partial charge on any atom is 0.312 e. The Labute approximate surface area is 110 Å². The van der Waals surface area contributed by atoms with E-state index < -0.39 is 5.41 Å². The molecule has 1 aromatic rings. The van der Waals surface area contributed by atoms with Crippen LogP contribution in [0.2, 0.25) is 0 Å². The largest absolute Gasteiger partial charge is 0.460 e. The standard InChI is InChI=1S/C16H22O2/c1-5-9-13(2)16(3,4)15(17)18-12-14-10-7-6-8-11-14/h5-11,13H,12H2,1-4H3. The lowest BCUT2D eigenvalue weighted by Gasteiger charge is -2.27. The lowest BCUT2D eigenvalue weighted by atomic mass is 9.80. The maximum atomic E-state index is 12.1. The second-order valence-electron chi connectivity index (χ2n) is 5.10. The molecule has 0 aromatic heterocycles. The minimum absolute atomic E-state index is 0.156. The Bertz CT molecular complexity index is 404. The van der Waals surface area contributed by atoms with Crippen LogP contribution in [0.4, 0.5) is 0 Å². The average molecular weight is 246 g/mol.